The largest absolute Gasteiger partial charge is 0.447 e. The van der Waals surface area contributed by atoms with Gasteiger partial charge in [0.15, 0.2) is 5.06 Å². The number of aromatic nitrogens is 1. The molecule has 0 aliphatic carbocycles. The summed E-state index contributed by atoms with van der Waals surface area (Å²) in [6.07, 6.45) is 6.19. The Labute approximate surface area is 265 Å². The van der Waals surface area contributed by atoms with Crippen LogP contribution in [0, 0.1) is 0 Å². The maximum Gasteiger partial charge on any atom is 0.182 e. The van der Waals surface area contributed by atoms with Gasteiger partial charge in [-0.15, -0.1) is 11.3 Å². The van der Waals surface area contributed by atoms with Gasteiger partial charge >= 0.3 is 0 Å². The zero-order valence-corrected chi connectivity index (χ0v) is 26.5. The lowest BCUT2D eigenvalue weighted by Crippen LogP contribution is -2.24. The number of hydrogen-bond donors (Lipinski definition) is 0. The van der Waals surface area contributed by atoms with Gasteiger partial charge in [-0.2, -0.15) is 0 Å². The molecule has 0 atom stereocenters. The van der Waals surface area contributed by atoms with E-state index in [-0.39, 0.29) is 5.41 Å². The number of thiophene rings is 2. The monoisotopic (exact) mass is 609 g/mol. The van der Waals surface area contributed by atoms with Crippen LogP contribution in [0.25, 0.3) is 41.5 Å². The van der Waals surface area contributed by atoms with Crippen molar-refractivity contribution in [2.24, 2.45) is 0 Å². The van der Waals surface area contributed by atoms with Crippen LogP contribution < -0.4 is 14.5 Å². The predicted octanol–water partition coefficient (Wildman–Crippen LogP) is 11.2. The molecule has 0 radical (unpaired) electrons. The van der Waals surface area contributed by atoms with Crippen LogP contribution in [-0.2, 0) is 5.41 Å². The molecule has 8 rings (SSSR count). The van der Waals surface area contributed by atoms with Crippen LogP contribution in [0.3, 0.4) is 0 Å². The average molecular weight is 610 g/mol. The van der Waals surface area contributed by atoms with Crippen LogP contribution in [0.4, 0.5) is 11.4 Å². The third-order valence-electron chi connectivity index (χ3n) is 8.21. The highest BCUT2D eigenvalue weighted by Crippen LogP contribution is 2.48. The highest BCUT2D eigenvalue weighted by atomic mass is 32.1. The van der Waals surface area contributed by atoms with Gasteiger partial charge < -0.3 is 14.5 Å². The van der Waals surface area contributed by atoms with Crippen LogP contribution in [0.15, 0.2) is 122 Å². The van der Waals surface area contributed by atoms with Crippen molar-refractivity contribution in [1.29, 1.82) is 0 Å². The van der Waals surface area contributed by atoms with E-state index in [1.807, 2.05) is 29.7 Å². The Hall–Kier alpha value is -4.65. The maximum atomic E-state index is 6.57. The number of ether oxygens (including phenoxy) is 1. The lowest BCUT2D eigenvalue weighted by Gasteiger charge is -2.21. The van der Waals surface area contributed by atoms with Crippen molar-refractivity contribution >= 4 is 64.3 Å². The fourth-order valence-electron chi connectivity index (χ4n) is 5.89. The third kappa shape index (κ3) is 4.80. The molecule has 4 nitrogen and oxygen atoms in total. The van der Waals surface area contributed by atoms with Crippen molar-refractivity contribution in [2.45, 2.75) is 26.2 Å². The van der Waals surface area contributed by atoms with Crippen LogP contribution in [0.1, 0.15) is 26.3 Å². The van der Waals surface area contributed by atoms with Gasteiger partial charge in [0.1, 0.15) is 5.75 Å². The minimum atomic E-state index is 0.0292. The van der Waals surface area contributed by atoms with Gasteiger partial charge in [-0.1, -0.05) is 74.6 Å². The fourth-order valence-corrected chi connectivity index (χ4v) is 8.12. The van der Waals surface area contributed by atoms with E-state index in [2.05, 4.69) is 134 Å². The summed E-state index contributed by atoms with van der Waals surface area (Å²) in [5.74, 6) is 0.822. The molecule has 6 heteroatoms. The van der Waals surface area contributed by atoms with E-state index in [1.54, 1.807) is 11.3 Å². The first-order valence-corrected chi connectivity index (χ1v) is 16.4. The zero-order valence-electron chi connectivity index (χ0n) is 24.8. The van der Waals surface area contributed by atoms with Gasteiger partial charge in [0, 0.05) is 77.9 Å². The second kappa shape index (κ2) is 10.5. The van der Waals surface area contributed by atoms with Crippen molar-refractivity contribution in [3.05, 3.63) is 127 Å². The molecule has 0 bridgehead atoms. The molecule has 4 aromatic carbocycles. The number of anilines is 2. The summed E-state index contributed by atoms with van der Waals surface area (Å²) in [5, 5.41) is 4.61. The molecule has 0 fully saturated rings. The topological polar surface area (TPSA) is 28.6 Å². The molecular weight excluding hydrogens is 579 g/mol. The summed E-state index contributed by atoms with van der Waals surface area (Å²) in [6, 6.07) is 36.4. The Kier molecular flexibility index (Phi) is 6.43. The molecule has 3 aromatic heterocycles. The summed E-state index contributed by atoms with van der Waals surface area (Å²) >= 11 is 3.54. The highest BCUT2D eigenvalue weighted by molar-refractivity contribution is 7.27. The molecule has 7 aromatic rings. The van der Waals surface area contributed by atoms with E-state index in [0.29, 0.717) is 0 Å². The summed E-state index contributed by atoms with van der Waals surface area (Å²) < 4.78 is 10.3. The minimum Gasteiger partial charge on any atom is -0.447 e. The summed E-state index contributed by atoms with van der Waals surface area (Å²) in [7, 11) is 0. The Morgan fingerprint density at radius 2 is 1.45 bits per heavy atom. The van der Waals surface area contributed by atoms with Gasteiger partial charge in [0.05, 0.1) is 12.4 Å². The van der Waals surface area contributed by atoms with Gasteiger partial charge in [0.2, 0.25) is 0 Å². The second-order valence-electron chi connectivity index (χ2n) is 12.2. The molecule has 216 valence electrons. The van der Waals surface area contributed by atoms with Crippen molar-refractivity contribution < 1.29 is 4.74 Å². The minimum absolute atomic E-state index is 0.0292. The van der Waals surface area contributed by atoms with Crippen molar-refractivity contribution in [3.8, 4) is 22.1 Å². The number of nitrogens with zero attached hydrogens (tertiary/aromatic N) is 3. The summed E-state index contributed by atoms with van der Waals surface area (Å²) in [4.78, 5) is 9.39. The molecule has 0 amide bonds. The SMILES string of the molecule is CC(C)(C)c1ccnc(-c2c3cc(Oc4cccc(N5C=CN(c6ccccc6)C5)c4)sc3cc3c2sc2ccccc23)c1. The smallest absolute Gasteiger partial charge is 0.182 e. The maximum absolute atomic E-state index is 6.57. The predicted molar refractivity (Wildman–Crippen MR) is 189 cm³/mol. The van der Waals surface area contributed by atoms with Crippen LogP contribution in [-0.4, -0.2) is 11.7 Å². The number of para-hydroxylation sites is 1. The molecule has 4 heterocycles. The van der Waals surface area contributed by atoms with Crippen LogP contribution >= 0.6 is 22.7 Å². The van der Waals surface area contributed by atoms with Gasteiger partial charge in [-0.05, 0) is 59.5 Å². The van der Waals surface area contributed by atoms with Gasteiger partial charge in [0.25, 0.3) is 0 Å². The van der Waals surface area contributed by atoms with E-state index in [4.69, 9.17) is 9.72 Å². The Morgan fingerprint density at radius 3 is 2.30 bits per heavy atom. The lowest BCUT2D eigenvalue weighted by atomic mass is 9.86. The molecule has 1 aliphatic heterocycles. The fraction of sp³-hybridized carbons (Fsp3) is 0.132. The molecule has 0 N–H and O–H groups in total. The summed E-state index contributed by atoms with van der Waals surface area (Å²) in [5.41, 5.74) is 5.77. The lowest BCUT2D eigenvalue weighted by molar-refractivity contribution is 0.497. The van der Waals surface area contributed by atoms with Crippen LogP contribution in [0.5, 0.6) is 10.8 Å². The first-order valence-electron chi connectivity index (χ1n) is 14.8. The van der Waals surface area contributed by atoms with Crippen molar-refractivity contribution in [1.82, 2.24) is 4.98 Å². The van der Waals surface area contributed by atoms with Gasteiger partial charge in [-0.25, -0.2) is 0 Å². The molecule has 44 heavy (non-hydrogen) atoms. The quantitative estimate of drug-likeness (QED) is 0.194. The second-order valence-corrected chi connectivity index (χ2v) is 14.3. The first kappa shape index (κ1) is 26.9. The number of hydrogen-bond acceptors (Lipinski definition) is 6. The Morgan fingerprint density at radius 1 is 0.682 bits per heavy atom. The number of fused-ring (bicyclic) bond motifs is 4. The zero-order chi connectivity index (χ0) is 29.8. The Bertz CT molecular complexity index is 2190. The van der Waals surface area contributed by atoms with E-state index >= 15 is 0 Å². The third-order valence-corrected chi connectivity index (χ3v) is 10.4. The average Bonchev–Trinajstić information content (AvgIpc) is 3.77. The highest BCUT2D eigenvalue weighted by Gasteiger charge is 2.21. The normalized spacial score (nSPS) is 13.5. The van der Waals surface area contributed by atoms with E-state index < -0.39 is 0 Å². The van der Waals surface area contributed by atoms with Gasteiger partial charge in [-0.3, -0.25) is 4.98 Å². The van der Waals surface area contributed by atoms with Crippen molar-refractivity contribution in [3.63, 3.8) is 0 Å². The molecule has 0 saturated heterocycles. The molecule has 0 saturated carbocycles. The summed E-state index contributed by atoms with van der Waals surface area (Å²) in [6.45, 7) is 7.52. The van der Waals surface area contributed by atoms with E-state index in [9.17, 15) is 0 Å². The molecular formula is C38H31N3OS2. The number of benzene rings is 4. The molecule has 0 spiro atoms. The first-order chi connectivity index (χ1) is 21.4. The van der Waals surface area contributed by atoms with Crippen molar-refractivity contribution in [2.75, 3.05) is 16.5 Å². The Balaban J connectivity index is 1.18. The number of pyridine rings is 1. The standard InChI is InChI=1S/C38H31N3OS2/c1-38(2,3)25-16-17-39-32(20-25)36-31-23-35(43-34(31)22-30-29-14-7-8-15-33(29)44-37(30)36)42-28-13-9-12-27(21-28)41-19-18-40(24-41)26-10-5-4-6-11-26/h4-23H,24H2,1-3H3. The van der Waals surface area contributed by atoms with E-state index in [0.717, 1.165) is 28.9 Å². The number of rotatable bonds is 5. The molecule has 0 unspecified atom stereocenters. The molecule has 1 aliphatic rings. The van der Waals surface area contributed by atoms with Crippen LogP contribution in [0.2, 0.25) is 0 Å². The van der Waals surface area contributed by atoms with E-state index in [1.165, 1.54) is 47.1 Å².